The molecule has 0 fully saturated rings. The zero-order valence-corrected chi connectivity index (χ0v) is 11.6. The third kappa shape index (κ3) is 3.05. The Morgan fingerprint density at radius 2 is 2.11 bits per heavy atom. The number of hydrogen-bond acceptors (Lipinski definition) is 5. The van der Waals surface area contributed by atoms with Crippen LogP contribution >= 0.6 is 11.5 Å². The Balaban J connectivity index is 2.17. The summed E-state index contributed by atoms with van der Waals surface area (Å²) in [7, 11) is 1.92. The first-order valence-corrected chi connectivity index (χ1v) is 6.72. The van der Waals surface area contributed by atoms with E-state index in [4.69, 9.17) is 4.74 Å². The summed E-state index contributed by atoms with van der Waals surface area (Å²) >= 11 is 1.30. The van der Waals surface area contributed by atoms with Crippen LogP contribution < -0.4 is 10.1 Å². The molecule has 1 N–H and O–H groups in total. The zero-order chi connectivity index (χ0) is 13.0. The molecule has 1 aromatic heterocycles. The van der Waals surface area contributed by atoms with Gasteiger partial charge in [0.2, 0.25) is 0 Å². The first-order chi connectivity index (χ1) is 8.70. The van der Waals surface area contributed by atoms with Crippen molar-refractivity contribution >= 4 is 11.5 Å². The van der Waals surface area contributed by atoms with E-state index in [-0.39, 0.29) is 0 Å². The molecule has 0 amide bonds. The van der Waals surface area contributed by atoms with Crippen molar-refractivity contribution in [2.75, 3.05) is 7.05 Å². The number of rotatable bonds is 5. The van der Waals surface area contributed by atoms with Gasteiger partial charge in [0.05, 0.1) is 0 Å². The van der Waals surface area contributed by atoms with Crippen molar-refractivity contribution in [3.63, 3.8) is 0 Å². The van der Waals surface area contributed by atoms with Crippen LogP contribution in [0, 0.1) is 0 Å². The van der Waals surface area contributed by atoms with Crippen LogP contribution in [0.25, 0.3) is 0 Å². The quantitative estimate of drug-likeness (QED) is 0.900. The molecule has 0 saturated heterocycles. The minimum absolute atomic E-state index is 0.325. The van der Waals surface area contributed by atoms with E-state index >= 15 is 0 Å². The standard InChI is InChI=1S/C13H17N3OS/c1-9(2)12-15-13(18-16-12)17-11-7-5-4-6-10(11)8-14-3/h4-7,9,14H,8H2,1-3H3. The first-order valence-electron chi connectivity index (χ1n) is 5.94. The van der Waals surface area contributed by atoms with Gasteiger partial charge in [0.15, 0.2) is 0 Å². The smallest absolute Gasteiger partial charge is 0.298 e. The number of ether oxygens (including phenoxy) is 1. The Morgan fingerprint density at radius 3 is 2.78 bits per heavy atom. The highest BCUT2D eigenvalue weighted by Crippen LogP contribution is 2.27. The highest BCUT2D eigenvalue weighted by molar-refractivity contribution is 7.07. The van der Waals surface area contributed by atoms with Gasteiger partial charge < -0.3 is 10.1 Å². The van der Waals surface area contributed by atoms with Crippen LogP contribution in [0.3, 0.4) is 0 Å². The van der Waals surface area contributed by atoms with Gasteiger partial charge in [-0.25, -0.2) is 0 Å². The molecule has 0 spiro atoms. The molecule has 0 aliphatic carbocycles. The largest absolute Gasteiger partial charge is 0.430 e. The average Bonchev–Trinajstić information content (AvgIpc) is 2.81. The van der Waals surface area contributed by atoms with Crippen molar-refractivity contribution in [3.05, 3.63) is 35.7 Å². The number of nitrogens with zero attached hydrogens (tertiary/aromatic N) is 2. The maximum atomic E-state index is 5.80. The van der Waals surface area contributed by atoms with Gasteiger partial charge in [0, 0.05) is 29.6 Å². The van der Waals surface area contributed by atoms with Crippen LogP contribution in [-0.4, -0.2) is 16.4 Å². The minimum atomic E-state index is 0.325. The maximum absolute atomic E-state index is 5.80. The van der Waals surface area contributed by atoms with E-state index in [9.17, 15) is 0 Å². The number of benzene rings is 1. The predicted molar refractivity (Wildman–Crippen MR) is 73.3 cm³/mol. The van der Waals surface area contributed by atoms with Gasteiger partial charge in [-0.1, -0.05) is 32.0 Å². The van der Waals surface area contributed by atoms with E-state index in [2.05, 4.69) is 28.5 Å². The van der Waals surface area contributed by atoms with Crippen LogP contribution in [0.2, 0.25) is 0 Å². The molecule has 0 saturated carbocycles. The molecule has 0 atom stereocenters. The molecule has 0 radical (unpaired) electrons. The van der Waals surface area contributed by atoms with Gasteiger partial charge in [-0.3, -0.25) is 0 Å². The van der Waals surface area contributed by atoms with E-state index in [1.54, 1.807) is 0 Å². The van der Waals surface area contributed by atoms with E-state index < -0.39 is 0 Å². The van der Waals surface area contributed by atoms with E-state index in [1.165, 1.54) is 11.5 Å². The van der Waals surface area contributed by atoms with Gasteiger partial charge in [-0.15, -0.1) is 0 Å². The van der Waals surface area contributed by atoms with Crippen LogP contribution in [0.5, 0.6) is 10.9 Å². The lowest BCUT2D eigenvalue weighted by Gasteiger charge is -2.07. The normalized spacial score (nSPS) is 10.9. The molecule has 2 rings (SSSR count). The van der Waals surface area contributed by atoms with Crippen molar-refractivity contribution in [2.45, 2.75) is 26.3 Å². The summed E-state index contributed by atoms with van der Waals surface area (Å²) in [5.41, 5.74) is 1.11. The Bertz CT molecular complexity index is 510. The molecule has 4 nitrogen and oxygen atoms in total. The van der Waals surface area contributed by atoms with Gasteiger partial charge in [-0.2, -0.15) is 9.36 Å². The van der Waals surface area contributed by atoms with Crippen molar-refractivity contribution in [2.24, 2.45) is 0 Å². The first kappa shape index (κ1) is 13.0. The molecule has 1 heterocycles. The minimum Gasteiger partial charge on any atom is -0.430 e. The highest BCUT2D eigenvalue weighted by Gasteiger charge is 2.10. The van der Waals surface area contributed by atoms with Crippen LogP contribution in [0.4, 0.5) is 0 Å². The summed E-state index contributed by atoms with van der Waals surface area (Å²) in [5, 5.41) is 3.72. The lowest BCUT2D eigenvalue weighted by Crippen LogP contribution is -2.06. The molecule has 0 aliphatic rings. The molecular weight excluding hydrogens is 246 g/mol. The van der Waals surface area contributed by atoms with E-state index in [0.717, 1.165) is 23.7 Å². The predicted octanol–water partition coefficient (Wildman–Crippen LogP) is 3.17. The molecule has 5 heteroatoms. The fourth-order valence-corrected chi connectivity index (χ4v) is 2.21. The van der Waals surface area contributed by atoms with Crippen LogP contribution in [0.1, 0.15) is 31.2 Å². The van der Waals surface area contributed by atoms with E-state index in [1.807, 2.05) is 31.3 Å². The molecule has 0 bridgehead atoms. The van der Waals surface area contributed by atoms with Gasteiger partial charge in [0.1, 0.15) is 11.6 Å². The van der Waals surface area contributed by atoms with Crippen LogP contribution in [-0.2, 0) is 6.54 Å². The highest BCUT2D eigenvalue weighted by atomic mass is 32.1. The second-order valence-corrected chi connectivity index (χ2v) is 5.03. The molecule has 2 aromatic rings. The number of nitrogens with one attached hydrogen (secondary N) is 1. The Morgan fingerprint density at radius 1 is 1.33 bits per heavy atom. The molecule has 0 unspecified atom stereocenters. The topological polar surface area (TPSA) is 47.0 Å². The van der Waals surface area contributed by atoms with Gasteiger partial charge in [-0.05, 0) is 13.1 Å². The van der Waals surface area contributed by atoms with Gasteiger partial charge in [0.25, 0.3) is 5.19 Å². The van der Waals surface area contributed by atoms with Crippen molar-refractivity contribution < 1.29 is 4.74 Å². The third-order valence-electron chi connectivity index (χ3n) is 2.48. The molecule has 96 valence electrons. The van der Waals surface area contributed by atoms with Crippen molar-refractivity contribution in [1.29, 1.82) is 0 Å². The van der Waals surface area contributed by atoms with E-state index in [0.29, 0.717) is 11.1 Å². The lowest BCUT2D eigenvalue weighted by atomic mass is 10.2. The SMILES string of the molecule is CNCc1ccccc1Oc1nc(C(C)C)ns1. The maximum Gasteiger partial charge on any atom is 0.298 e. The number of aromatic nitrogens is 2. The molecule has 1 aromatic carbocycles. The fourth-order valence-electron chi connectivity index (χ4n) is 1.53. The molecular formula is C13H17N3OS. The summed E-state index contributed by atoms with van der Waals surface area (Å²) < 4.78 is 10.1. The van der Waals surface area contributed by atoms with Crippen molar-refractivity contribution in [1.82, 2.24) is 14.7 Å². The summed E-state index contributed by atoms with van der Waals surface area (Å²) in [6.45, 7) is 4.91. The Labute approximate surface area is 111 Å². The summed E-state index contributed by atoms with van der Waals surface area (Å²) in [4.78, 5) is 4.37. The molecule has 18 heavy (non-hydrogen) atoms. The van der Waals surface area contributed by atoms with Crippen molar-refractivity contribution in [3.8, 4) is 10.9 Å². The lowest BCUT2D eigenvalue weighted by molar-refractivity contribution is 0.468. The third-order valence-corrected chi connectivity index (χ3v) is 3.09. The average molecular weight is 263 g/mol. The summed E-state index contributed by atoms with van der Waals surface area (Å²) in [5.74, 6) is 1.99. The second-order valence-electron chi connectivity index (χ2n) is 4.31. The summed E-state index contributed by atoms with van der Waals surface area (Å²) in [6.07, 6.45) is 0. The Kier molecular flexibility index (Phi) is 4.28. The zero-order valence-electron chi connectivity index (χ0n) is 10.8. The number of para-hydroxylation sites is 1. The van der Waals surface area contributed by atoms with Gasteiger partial charge >= 0.3 is 0 Å². The van der Waals surface area contributed by atoms with Crippen LogP contribution in [0.15, 0.2) is 24.3 Å². The molecule has 0 aliphatic heterocycles. The second kappa shape index (κ2) is 5.93. The fraction of sp³-hybridized carbons (Fsp3) is 0.385. The summed E-state index contributed by atoms with van der Waals surface area (Å²) in [6, 6.07) is 7.94. The monoisotopic (exact) mass is 263 g/mol. The number of hydrogen-bond donors (Lipinski definition) is 1. The Hall–Kier alpha value is -1.46.